The lowest BCUT2D eigenvalue weighted by atomic mass is 9.33. The van der Waals surface area contributed by atoms with Gasteiger partial charge in [-0.05, 0) is 114 Å². The van der Waals surface area contributed by atoms with Crippen molar-refractivity contribution >= 4 is 0 Å². The summed E-state index contributed by atoms with van der Waals surface area (Å²) < 4.78 is 11.8. The second kappa shape index (κ2) is 10.00. The largest absolute Gasteiger partial charge is 0.394 e. The summed E-state index contributed by atoms with van der Waals surface area (Å²) in [5.41, 5.74) is 3.19. The van der Waals surface area contributed by atoms with Gasteiger partial charge in [0, 0.05) is 0 Å². The van der Waals surface area contributed by atoms with Crippen LogP contribution in [0.3, 0.4) is 0 Å². The third kappa shape index (κ3) is 4.31. The van der Waals surface area contributed by atoms with Crippen molar-refractivity contribution in [3.8, 4) is 0 Å². The highest BCUT2D eigenvalue weighted by Gasteiger charge is 2.68. The molecule has 0 spiro atoms. The van der Waals surface area contributed by atoms with Crippen LogP contribution in [-0.4, -0.2) is 63.8 Å². The minimum absolute atomic E-state index is 0.163. The molecule has 4 saturated carbocycles. The van der Waals surface area contributed by atoms with Crippen molar-refractivity contribution in [2.45, 2.75) is 156 Å². The van der Waals surface area contributed by atoms with E-state index < -0.39 is 37.3 Å². The number of aliphatic hydroxyl groups is 4. The molecule has 6 aliphatic rings. The molecule has 0 aromatic rings. The van der Waals surface area contributed by atoms with E-state index in [1.165, 1.54) is 44.9 Å². The molecule has 13 unspecified atom stereocenters. The molecule has 6 nitrogen and oxygen atoms in total. The van der Waals surface area contributed by atoms with Crippen LogP contribution in [-0.2, 0) is 9.47 Å². The molecular formula is C36H60O6. The van der Waals surface area contributed by atoms with Gasteiger partial charge in [0.1, 0.15) is 24.4 Å². The lowest BCUT2D eigenvalue weighted by molar-refractivity contribution is -0.313. The molecule has 1 heterocycles. The van der Waals surface area contributed by atoms with Crippen LogP contribution in [0.2, 0.25) is 0 Å². The summed E-state index contributed by atoms with van der Waals surface area (Å²) in [4.78, 5) is 0. The molecule has 1 aliphatic heterocycles. The van der Waals surface area contributed by atoms with E-state index >= 15 is 0 Å². The van der Waals surface area contributed by atoms with Crippen molar-refractivity contribution in [2.75, 3.05) is 6.61 Å². The van der Waals surface area contributed by atoms with Gasteiger partial charge in [-0.1, -0.05) is 67.0 Å². The highest BCUT2D eigenvalue weighted by atomic mass is 16.6. The maximum atomic E-state index is 10.9. The van der Waals surface area contributed by atoms with Crippen molar-refractivity contribution < 1.29 is 29.9 Å². The predicted octanol–water partition coefficient (Wildman–Crippen LogP) is 5.99. The Morgan fingerprint density at radius 2 is 1.52 bits per heavy atom. The molecule has 13 atom stereocenters. The van der Waals surface area contributed by atoms with Crippen molar-refractivity contribution in [3.63, 3.8) is 0 Å². The second-order valence-corrected chi connectivity index (χ2v) is 18.0. The zero-order chi connectivity index (χ0) is 30.7. The van der Waals surface area contributed by atoms with E-state index in [9.17, 15) is 20.4 Å². The molecule has 0 aromatic carbocycles. The number of ether oxygens (including phenoxy) is 2. The standard InChI is InChI=1S/C36H60O6/c1-31(2)15-16-33(5)17-18-35(7)21(22(33)19-31)9-10-25-34(6)13-12-26(32(3,4)24(34)11-14-36(25,35)8)42-29-27(38)23(20-37)41-30(40)28(29)39/h9,22-30,37-40H,10-20H2,1-8H3. The fourth-order valence-corrected chi connectivity index (χ4v) is 12.2. The molecule has 0 aromatic heterocycles. The van der Waals surface area contributed by atoms with Gasteiger partial charge in [0.15, 0.2) is 6.29 Å². The highest BCUT2D eigenvalue weighted by Crippen LogP contribution is 2.75. The number of hydrogen-bond donors (Lipinski definition) is 4. The Kier molecular flexibility index (Phi) is 7.49. The average Bonchev–Trinajstić information content (AvgIpc) is 2.91. The van der Waals surface area contributed by atoms with Crippen LogP contribution >= 0.6 is 0 Å². The fourth-order valence-electron chi connectivity index (χ4n) is 12.2. The van der Waals surface area contributed by atoms with Gasteiger partial charge in [-0.3, -0.25) is 0 Å². The summed E-state index contributed by atoms with van der Waals surface area (Å²) in [5, 5.41) is 41.5. The van der Waals surface area contributed by atoms with Crippen molar-refractivity contribution in [2.24, 2.45) is 50.2 Å². The van der Waals surface area contributed by atoms with Gasteiger partial charge in [0.25, 0.3) is 0 Å². The minimum atomic E-state index is -1.49. The van der Waals surface area contributed by atoms with E-state index in [4.69, 9.17) is 9.47 Å². The Balaban J connectivity index is 1.28. The van der Waals surface area contributed by atoms with E-state index in [1.807, 2.05) is 0 Å². The zero-order valence-electron chi connectivity index (χ0n) is 27.7. The van der Waals surface area contributed by atoms with Crippen molar-refractivity contribution in [1.82, 2.24) is 0 Å². The van der Waals surface area contributed by atoms with E-state index in [0.717, 1.165) is 19.3 Å². The summed E-state index contributed by atoms with van der Waals surface area (Å²) in [6, 6.07) is 0. The Hall–Kier alpha value is -0.500. The van der Waals surface area contributed by atoms with Crippen LogP contribution in [0.5, 0.6) is 0 Å². The highest BCUT2D eigenvalue weighted by molar-refractivity contribution is 5.33. The quantitative estimate of drug-likeness (QED) is 0.302. The first-order valence-corrected chi connectivity index (χ1v) is 17.1. The summed E-state index contributed by atoms with van der Waals surface area (Å²) in [7, 11) is 0. The van der Waals surface area contributed by atoms with E-state index in [1.54, 1.807) is 5.57 Å². The lowest BCUT2D eigenvalue weighted by Gasteiger charge is -2.71. The smallest absolute Gasteiger partial charge is 0.184 e. The summed E-state index contributed by atoms with van der Waals surface area (Å²) in [6.07, 6.45) is 8.73. The predicted molar refractivity (Wildman–Crippen MR) is 163 cm³/mol. The van der Waals surface area contributed by atoms with Crippen LogP contribution < -0.4 is 0 Å². The van der Waals surface area contributed by atoms with E-state index in [2.05, 4.69) is 61.5 Å². The molecule has 0 bridgehead atoms. The number of allylic oxidation sites excluding steroid dienone is 2. The first-order chi connectivity index (χ1) is 19.4. The number of fused-ring (bicyclic) bond motifs is 7. The number of hydrogen-bond acceptors (Lipinski definition) is 6. The summed E-state index contributed by atoms with van der Waals surface area (Å²) in [6.45, 7) is 19.7. The molecule has 42 heavy (non-hydrogen) atoms. The van der Waals surface area contributed by atoms with Crippen LogP contribution in [0.4, 0.5) is 0 Å². The molecule has 240 valence electrons. The Bertz CT molecular complexity index is 1080. The van der Waals surface area contributed by atoms with Gasteiger partial charge in [0.05, 0.1) is 12.7 Å². The third-order valence-corrected chi connectivity index (χ3v) is 15.2. The van der Waals surface area contributed by atoms with Crippen LogP contribution in [0, 0.1) is 50.2 Å². The second-order valence-electron chi connectivity index (χ2n) is 18.0. The third-order valence-electron chi connectivity index (χ3n) is 15.2. The number of aliphatic hydroxyl groups excluding tert-OH is 4. The summed E-state index contributed by atoms with van der Waals surface area (Å²) >= 11 is 0. The van der Waals surface area contributed by atoms with Crippen LogP contribution in [0.25, 0.3) is 0 Å². The zero-order valence-corrected chi connectivity index (χ0v) is 27.7. The Morgan fingerprint density at radius 3 is 2.21 bits per heavy atom. The molecule has 5 aliphatic carbocycles. The monoisotopic (exact) mass is 588 g/mol. The molecule has 0 radical (unpaired) electrons. The first-order valence-electron chi connectivity index (χ1n) is 17.1. The first kappa shape index (κ1) is 31.5. The van der Waals surface area contributed by atoms with Crippen molar-refractivity contribution in [1.29, 1.82) is 0 Å². The van der Waals surface area contributed by atoms with E-state index in [-0.39, 0.29) is 27.8 Å². The molecule has 5 fully saturated rings. The van der Waals surface area contributed by atoms with E-state index in [0.29, 0.717) is 28.6 Å². The molecule has 6 heteroatoms. The van der Waals surface area contributed by atoms with Gasteiger partial charge in [-0.15, -0.1) is 0 Å². The normalized spacial score (nSPS) is 55.0. The number of rotatable bonds is 3. The molecule has 1 saturated heterocycles. The molecule has 4 N–H and O–H groups in total. The Morgan fingerprint density at radius 1 is 0.833 bits per heavy atom. The molecular weight excluding hydrogens is 528 g/mol. The maximum absolute atomic E-state index is 10.9. The molecule has 0 amide bonds. The fraction of sp³-hybridized carbons (Fsp3) is 0.944. The Labute approximate surface area is 254 Å². The van der Waals surface area contributed by atoms with Gasteiger partial charge in [0.2, 0.25) is 0 Å². The van der Waals surface area contributed by atoms with Gasteiger partial charge >= 0.3 is 0 Å². The molecule has 6 rings (SSSR count). The van der Waals surface area contributed by atoms with Crippen LogP contribution in [0.15, 0.2) is 11.6 Å². The van der Waals surface area contributed by atoms with Gasteiger partial charge < -0.3 is 29.9 Å². The SMILES string of the molecule is CC1(C)CCC2(C)CCC3(C)C(=CCC4C5(C)CCC(OC6C(O)C(O)OC(CO)C6O)C(C)(C)C5CCC43C)C2C1. The van der Waals surface area contributed by atoms with Gasteiger partial charge in [-0.2, -0.15) is 0 Å². The average molecular weight is 589 g/mol. The van der Waals surface area contributed by atoms with Gasteiger partial charge in [-0.25, -0.2) is 0 Å². The van der Waals surface area contributed by atoms with Crippen LogP contribution in [0.1, 0.15) is 120 Å². The summed E-state index contributed by atoms with van der Waals surface area (Å²) in [5.74, 6) is 1.77. The lowest BCUT2D eigenvalue weighted by Crippen LogP contribution is -2.66. The maximum Gasteiger partial charge on any atom is 0.184 e. The van der Waals surface area contributed by atoms with Crippen molar-refractivity contribution in [3.05, 3.63) is 11.6 Å². The topological polar surface area (TPSA) is 99.4 Å². The minimum Gasteiger partial charge on any atom is -0.394 e.